The highest BCUT2D eigenvalue weighted by molar-refractivity contribution is 5.68. The Hall–Kier alpha value is -0.770. The number of nitrogens with two attached hydrogens (primary N) is 1. The number of carbonyl (C=O) groups excluding carboxylic acids is 1. The van der Waals surface area contributed by atoms with Crippen LogP contribution in [-0.4, -0.2) is 35.7 Å². The predicted molar refractivity (Wildman–Crippen MR) is 73.4 cm³/mol. The Labute approximate surface area is 111 Å². The average Bonchev–Trinajstić information content (AvgIpc) is 2.27. The summed E-state index contributed by atoms with van der Waals surface area (Å²) in [5, 5.41) is 0. The Bertz CT molecular complexity index is 273. The molecule has 0 radical (unpaired) electrons. The van der Waals surface area contributed by atoms with Crippen LogP contribution in [0.3, 0.4) is 0 Å². The Morgan fingerprint density at radius 1 is 1.50 bits per heavy atom. The van der Waals surface area contributed by atoms with Gasteiger partial charge in [-0.15, -0.1) is 0 Å². The number of nitrogens with zero attached hydrogens (tertiary/aromatic N) is 1. The summed E-state index contributed by atoms with van der Waals surface area (Å²) in [6, 6.07) is 0.258. The molecule has 1 fully saturated rings. The zero-order valence-electron chi connectivity index (χ0n) is 12.2. The second-order valence-corrected chi connectivity index (χ2v) is 6.34. The maximum atomic E-state index is 12.0. The fourth-order valence-electron chi connectivity index (χ4n) is 2.34. The molecular formula is C14H28N2O2. The van der Waals surface area contributed by atoms with E-state index in [1.807, 2.05) is 25.7 Å². The van der Waals surface area contributed by atoms with Crippen LogP contribution in [0.5, 0.6) is 0 Å². The summed E-state index contributed by atoms with van der Waals surface area (Å²) in [6.45, 7) is 9.42. The van der Waals surface area contributed by atoms with Crippen molar-refractivity contribution in [3.63, 3.8) is 0 Å². The molecule has 1 aliphatic rings. The molecule has 1 rings (SSSR count). The van der Waals surface area contributed by atoms with Crippen molar-refractivity contribution in [3.05, 3.63) is 0 Å². The fourth-order valence-corrected chi connectivity index (χ4v) is 2.34. The Kier molecular flexibility index (Phi) is 5.45. The molecule has 106 valence electrons. The Balaban J connectivity index is 2.45. The van der Waals surface area contributed by atoms with Gasteiger partial charge >= 0.3 is 6.09 Å². The largest absolute Gasteiger partial charge is 0.444 e. The molecule has 4 nitrogen and oxygen atoms in total. The van der Waals surface area contributed by atoms with E-state index in [1.165, 1.54) is 6.42 Å². The van der Waals surface area contributed by atoms with Crippen molar-refractivity contribution in [3.8, 4) is 0 Å². The SMILES string of the molecule is CCC(N)CC1CCCN(C(=O)OC(C)(C)C)C1. The van der Waals surface area contributed by atoms with Gasteiger partial charge in [0.25, 0.3) is 0 Å². The minimum absolute atomic E-state index is 0.183. The van der Waals surface area contributed by atoms with Gasteiger partial charge in [0, 0.05) is 19.1 Å². The lowest BCUT2D eigenvalue weighted by molar-refractivity contribution is 0.0158. The maximum absolute atomic E-state index is 12.0. The van der Waals surface area contributed by atoms with Gasteiger partial charge in [-0.2, -0.15) is 0 Å². The molecule has 1 amide bonds. The van der Waals surface area contributed by atoms with Crippen LogP contribution in [-0.2, 0) is 4.74 Å². The number of hydrogen-bond donors (Lipinski definition) is 1. The molecule has 2 unspecified atom stereocenters. The van der Waals surface area contributed by atoms with E-state index < -0.39 is 5.60 Å². The molecule has 0 aromatic carbocycles. The zero-order chi connectivity index (χ0) is 13.8. The van der Waals surface area contributed by atoms with Gasteiger partial charge in [0.15, 0.2) is 0 Å². The summed E-state index contributed by atoms with van der Waals surface area (Å²) in [5.41, 5.74) is 5.58. The second kappa shape index (κ2) is 6.41. The first-order valence-electron chi connectivity index (χ1n) is 7.05. The number of ether oxygens (including phenoxy) is 1. The third-order valence-electron chi connectivity index (χ3n) is 3.33. The number of hydrogen-bond acceptors (Lipinski definition) is 3. The van der Waals surface area contributed by atoms with Crippen LogP contribution in [0, 0.1) is 5.92 Å². The third-order valence-corrected chi connectivity index (χ3v) is 3.33. The molecule has 4 heteroatoms. The van der Waals surface area contributed by atoms with Crippen molar-refractivity contribution in [2.24, 2.45) is 11.7 Å². The molecule has 0 aromatic heterocycles. The molecule has 2 N–H and O–H groups in total. The molecule has 0 aliphatic carbocycles. The van der Waals surface area contributed by atoms with E-state index in [1.54, 1.807) is 0 Å². The molecular weight excluding hydrogens is 228 g/mol. The molecule has 1 aliphatic heterocycles. The van der Waals surface area contributed by atoms with E-state index in [0.29, 0.717) is 5.92 Å². The molecule has 0 aromatic rings. The highest BCUT2D eigenvalue weighted by Crippen LogP contribution is 2.23. The first-order chi connectivity index (χ1) is 8.31. The van der Waals surface area contributed by atoms with Crippen molar-refractivity contribution in [2.75, 3.05) is 13.1 Å². The van der Waals surface area contributed by atoms with Crippen molar-refractivity contribution in [2.45, 2.75) is 65.0 Å². The van der Waals surface area contributed by atoms with Gasteiger partial charge in [-0.3, -0.25) is 0 Å². The van der Waals surface area contributed by atoms with Gasteiger partial charge < -0.3 is 15.4 Å². The summed E-state index contributed by atoms with van der Waals surface area (Å²) < 4.78 is 5.41. The third kappa shape index (κ3) is 5.25. The highest BCUT2D eigenvalue weighted by Gasteiger charge is 2.28. The molecule has 1 saturated heterocycles. The van der Waals surface area contributed by atoms with Gasteiger partial charge in [0.05, 0.1) is 0 Å². The topological polar surface area (TPSA) is 55.6 Å². The number of carbonyl (C=O) groups is 1. The minimum Gasteiger partial charge on any atom is -0.444 e. The number of rotatable bonds is 3. The molecule has 2 atom stereocenters. The van der Waals surface area contributed by atoms with Crippen LogP contribution in [0.15, 0.2) is 0 Å². The first kappa shape index (κ1) is 15.3. The lowest BCUT2D eigenvalue weighted by Gasteiger charge is -2.35. The van der Waals surface area contributed by atoms with Crippen molar-refractivity contribution in [1.29, 1.82) is 0 Å². The number of amides is 1. The smallest absolute Gasteiger partial charge is 0.410 e. The Morgan fingerprint density at radius 3 is 2.72 bits per heavy atom. The van der Waals surface area contributed by atoms with Gasteiger partial charge in [0.2, 0.25) is 0 Å². The van der Waals surface area contributed by atoms with Crippen molar-refractivity contribution >= 4 is 6.09 Å². The summed E-state index contributed by atoms with van der Waals surface area (Å²) in [4.78, 5) is 13.8. The van der Waals surface area contributed by atoms with Crippen LogP contribution in [0.2, 0.25) is 0 Å². The van der Waals surface area contributed by atoms with Crippen molar-refractivity contribution in [1.82, 2.24) is 4.90 Å². The quantitative estimate of drug-likeness (QED) is 0.844. The number of piperidine rings is 1. The van der Waals surface area contributed by atoms with Crippen molar-refractivity contribution < 1.29 is 9.53 Å². The standard InChI is InChI=1S/C14H28N2O2/c1-5-12(15)9-11-7-6-8-16(10-11)13(17)18-14(2,3)4/h11-12H,5-10,15H2,1-4H3. The van der Waals surface area contributed by atoms with Gasteiger partial charge in [-0.25, -0.2) is 4.79 Å². The van der Waals surface area contributed by atoms with Gasteiger partial charge in [0.1, 0.15) is 5.60 Å². The van der Waals surface area contributed by atoms with E-state index in [-0.39, 0.29) is 12.1 Å². The fraction of sp³-hybridized carbons (Fsp3) is 0.929. The Morgan fingerprint density at radius 2 is 2.17 bits per heavy atom. The van der Waals surface area contributed by atoms with Crippen LogP contribution >= 0.6 is 0 Å². The predicted octanol–water partition coefficient (Wildman–Crippen LogP) is 2.76. The zero-order valence-corrected chi connectivity index (χ0v) is 12.2. The van der Waals surface area contributed by atoms with Crippen LogP contribution in [0.1, 0.15) is 53.4 Å². The highest BCUT2D eigenvalue weighted by atomic mass is 16.6. The van der Waals surface area contributed by atoms with E-state index >= 15 is 0 Å². The van der Waals surface area contributed by atoms with Crippen LogP contribution in [0.4, 0.5) is 4.79 Å². The summed E-state index contributed by atoms with van der Waals surface area (Å²) in [7, 11) is 0. The lowest BCUT2D eigenvalue weighted by atomic mass is 9.91. The minimum atomic E-state index is -0.413. The molecule has 1 heterocycles. The lowest BCUT2D eigenvalue weighted by Crippen LogP contribution is -2.43. The second-order valence-electron chi connectivity index (χ2n) is 6.34. The summed E-state index contributed by atoms with van der Waals surface area (Å²) in [5.74, 6) is 0.529. The summed E-state index contributed by atoms with van der Waals surface area (Å²) >= 11 is 0. The average molecular weight is 256 g/mol. The summed E-state index contributed by atoms with van der Waals surface area (Å²) in [6.07, 6.45) is 4.06. The van der Waals surface area contributed by atoms with Crippen LogP contribution < -0.4 is 5.73 Å². The number of likely N-dealkylation sites (tertiary alicyclic amines) is 1. The normalized spacial score (nSPS) is 22.7. The van der Waals surface area contributed by atoms with E-state index in [2.05, 4.69) is 6.92 Å². The molecule has 0 bridgehead atoms. The van der Waals surface area contributed by atoms with Gasteiger partial charge in [-0.1, -0.05) is 6.92 Å². The van der Waals surface area contributed by atoms with E-state index in [9.17, 15) is 4.79 Å². The van der Waals surface area contributed by atoms with E-state index in [0.717, 1.165) is 32.4 Å². The van der Waals surface area contributed by atoms with Gasteiger partial charge in [-0.05, 0) is 52.4 Å². The molecule has 18 heavy (non-hydrogen) atoms. The molecule has 0 saturated carbocycles. The monoisotopic (exact) mass is 256 g/mol. The first-order valence-corrected chi connectivity index (χ1v) is 7.05. The van der Waals surface area contributed by atoms with E-state index in [4.69, 9.17) is 10.5 Å². The molecule has 0 spiro atoms. The van der Waals surface area contributed by atoms with Crippen LogP contribution in [0.25, 0.3) is 0 Å². The maximum Gasteiger partial charge on any atom is 0.410 e.